The molecule has 0 amide bonds. The number of fused-ring (bicyclic) bond motifs is 1. The summed E-state index contributed by atoms with van der Waals surface area (Å²) in [6.07, 6.45) is -3.65. The maximum atomic E-state index is 13.7. The topological polar surface area (TPSA) is 36.0 Å². The highest BCUT2D eigenvalue weighted by molar-refractivity contribution is 9.10. The molecule has 0 aliphatic carbocycles. The lowest BCUT2D eigenvalue weighted by Gasteiger charge is -2.31. The van der Waals surface area contributed by atoms with Gasteiger partial charge in [-0.05, 0) is 23.8 Å². The lowest BCUT2D eigenvalue weighted by Crippen LogP contribution is -2.43. The Balaban J connectivity index is 2.29. The number of halogens is 4. The van der Waals surface area contributed by atoms with Crippen molar-refractivity contribution < 1.29 is 18.3 Å². The summed E-state index contributed by atoms with van der Waals surface area (Å²) in [5, 5.41) is 10.9. The van der Waals surface area contributed by atoms with Crippen molar-refractivity contribution >= 4 is 26.8 Å². The molecule has 1 heterocycles. The van der Waals surface area contributed by atoms with Crippen LogP contribution in [0.5, 0.6) is 0 Å². The van der Waals surface area contributed by atoms with E-state index in [-0.39, 0.29) is 11.1 Å². The van der Waals surface area contributed by atoms with Gasteiger partial charge in [-0.2, -0.15) is 13.2 Å². The maximum Gasteiger partial charge on any atom is 0.425 e. The van der Waals surface area contributed by atoms with E-state index >= 15 is 0 Å². The zero-order valence-corrected chi connectivity index (χ0v) is 12.7. The van der Waals surface area contributed by atoms with Gasteiger partial charge in [0, 0.05) is 27.1 Å². The number of benzene rings is 2. The first-order valence-corrected chi connectivity index (χ1v) is 7.25. The van der Waals surface area contributed by atoms with Gasteiger partial charge in [0.2, 0.25) is 5.60 Å². The Bertz CT molecular complexity index is 810. The standard InChI is InChI=1S/C16H11BrF3NO/c17-11-7-5-10(6-8-11)15(22,16(18,19)20)13-9-21-14-4-2-1-3-12(13)14/h1-9,21-22H/t15-/m1/s1. The second-order valence-corrected chi connectivity index (χ2v) is 5.88. The highest BCUT2D eigenvalue weighted by atomic mass is 79.9. The molecule has 0 spiro atoms. The lowest BCUT2D eigenvalue weighted by atomic mass is 9.85. The Labute approximate surface area is 132 Å². The van der Waals surface area contributed by atoms with E-state index < -0.39 is 11.8 Å². The third-order valence-corrected chi connectivity index (χ3v) is 4.18. The van der Waals surface area contributed by atoms with Crippen molar-refractivity contribution in [3.8, 4) is 0 Å². The van der Waals surface area contributed by atoms with Gasteiger partial charge in [-0.15, -0.1) is 0 Å². The Hall–Kier alpha value is -1.79. The second-order valence-electron chi connectivity index (χ2n) is 4.96. The zero-order chi connectivity index (χ0) is 16.0. The Morgan fingerprint density at radius 3 is 2.23 bits per heavy atom. The van der Waals surface area contributed by atoms with Crippen molar-refractivity contribution in [2.75, 3.05) is 0 Å². The van der Waals surface area contributed by atoms with E-state index in [0.29, 0.717) is 15.4 Å². The lowest BCUT2D eigenvalue weighted by molar-refractivity contribution is -0.247. The first-order chi connectivity index (χ1) is 10.3. The van der Waals surface area contributed by atoms with E-state index in [1.165, 1.54) is 30.5 Å². The summed E-state index contributed by atoms with van der Waals surface area (Å²) in [5.41, 5.74) is -2.98. The Kier molecular flexibility index (Phi) is 3.53. The minimum atomic E-state index is -4.86. The van der Waals surface area contributed by atoms with Crippen LogP contribution in [-0.4, -0.2) is 16.3 Å². The van der Waals surface area contributed by atoms with Crippen molar-refractivity contribution in [1.29, 1.82) is 0 Å². The van der Waals surface area contributed by atoms with Crippen LogP contribution in [0.2, 0.25) is 0 Å². The van der Waals surface area contributed by atoms with Crippen molar-refractivity contribution in [3.05, 3.63) is 70.3 Å². The molecule has 6 heteroatoms. The number of rotatable bonds is 2. The summed E-state index contributed by atoms with van der Waals surface area (Å²) in [6, 6.07) is 12.0. The minimum absolute atomic E-state index is 0.210. The third-order valence-electron chi connectivity index (χ3n) is 3.65. The van der Waals surface area contributed by atoms with Crippen LogP contribution in [0.1, 0.15) is 11.1 Å². The highest BCUT2D eigenvalue weighted by Crippen LogP contribution is 2.46. The van der Waals surface area contributed by atoms with Crippen molar-refractivity contribution in [2.24, 2.45) is 0 Å². The van der Waals surface area contributed by atoms with Gasteiger partial charge in [-0.25, -0.2) is 0 Å². The molecule has 3 aromatic rings. The first kappa shape index (κ1) is 15.1. The van der Waals surface area contributed by atoms with Crippen molar-refractivity contribution in [1.82, 2.24) is 4.98 Å². The van der Waals surface area contributed by atoms with Gasteiger partial charge >= 0.3 is 6.18 Å². The Morgan fingerprint density at radius 2 is 1.59 bits per heavy atom. The number of aromatic amines is 1. The predicted molar refractivity (Wildman–Crippen MR) is 81.5 cm³/mol. The maximum absolute atomic E-state index is 13.7. The molecule has 2 N–H and O–H groups in total. The van der Waals surface area contributed by atoms with Crippen LogP contribution < -0.4 is 0 Å². The second kappa shape index (κ2) is 5.14. The van der Waals surface area contributed by atoms with Crippen LogP contribution in [0.3, 0.4) is 0 Å². The highest BCUT2D eigenvalue weighted by Gasteiger charge is 2.57. The van der Waals surface area contributed by atoms with E-state index in [2.05, 4.69) is 20.9 Å². The van der Waals surface area contributed by atoms with E-state index in [1.807, 2.05) is 0 Å². The molecular formula is C16H11BrF3NO. The van der Waals surface area contributed by atoms with Crippen molar-refractivity contribution in [2.45, 2.75) is 11.8 Å². The summed E-state index contributed by atoms with van der Waals surface area (Å²) < 4.78 is 41.8. The van der Waals surface area contributed by atoms with Crippen LogP contribution in [0, 0.1) is 0 Å². The van der Waals surface area contributed by atoms with Gasteiger partial charge in [-0.3, -0.25) is 0 Å². The fraction of sp³-hybridized carbons (Fsp3) is 0.125. The molecule has 22 heavy (non-hydrogen) atoms. The summed E-state index contributed by atoms with van der Waals surface area (Å²) in [4.78, 5) is 2.78. The van der Waals surface area contributed by atoms with Gasteiger partial charge in [0.1, 0.15) is 0 Å². The van der Waals surface area contributed by atoms with Crippen LogP contribution >= 0.6 is 15.9 Å². The quantitative estimate of drug-likeness (QED) is 0.672. The number of H-pyrrole nitrogens is 1. The van der Waals surface area contributed by atoms with Crippen LogP contribution in [0.15, 0.2) is 59.2 Å². The van der Waals surface area contributed by atoms with Crippen molar-refractivity contribution in [3.63, 3.8) is 0 Å². The monoisotopic (exact) mass is 369 g/mol. The molecule has 2 nitrogen and oxygen atoms in total. The third kappa shape index (κ3) is 2.23. The normalized spacial score (nSPS) is 15.0. The number of hydrogen-bond acceptors (Lipinski definition) is 1. The average molecular weight is 370 g/mol. The molecule has 0 aliphatic heterocycles. The molecule has 0 radical (unpaired) electrons. The van der Waals surface area contributed by atoms with E-state index in [9.17, 15) is 18.3 Å². The van der Waals surface area contributed by atoms with E-state index in [0.717, 1.165) is 0 Å². The van der Waals surface area contributed by atoms with Gasteiger partial charge < -0.3 is 10.1 Å². The van der Waals surface area contributed by atoms with Gasteiger partial charge in [-0.1, -0.05) is 46.3 Å². The summed E-state index contributed by atoms with van der Waals surface area (Å²) in [5.74, 6) is 0. The van der Waals surface area contributed by atoms with Crippen LogP contribution in [0.4, 0.5) is 13.2 Å². The van der Waals surface area contributed by atoms with E-state index in [4.69, 9.17) is 0 Å². The number of nitrogens with one attached hydrogen (secondary N) is 1. The first-order valence-electron chi connectivity index (χ1n) is 6.46. The molecule has 0 saturated carbocycles. The largest absolute Gasteiger partial charge is 0.425 e. The van der Waals surface area contributed by atoms with Gasteiger partial charge in [0.15, 0.2) is 0 Å². The molecule has 1 aromatic heterocycles. The Morgan fingerprint density at radius 1 is 0.955 bits per heavy atom. The molecule has 0 fully saturated rings. The fourth-order valence-corrected chi connectivity index (χ4v) is 2.80. The number of aromatic nitrogens is 1. The predicted octanol–water partition coefficient (Wildman–Crippen LogP) is 4.73. The van der Waals surface area contributed by atoms with Gasteiger partial charge in [0.05, 0.1) is 0 Å². The molecule has 0 aliphatic rings. The molecule has 3 rings (SSSR count). The molecule has 0 unspecified atom stereocenters. The number of hydrogen-bond donors (Lipinski definition) is 2. The average Bonchev–Trinajstić information content (AvgIpc) is 2.90. The summed E-state index contributed by atoms with van der Waals surface area (Å²) >= 11 is 3.18. The SMILES string of the molecule is O[C@](c1ccc(Br)cc1)(c1c[nH]c2ccccc12)C(F)(F)F. The molecular weight excluding hydrogens is 359 g/mol. The summed E-state index contributed by atoms with van der Waals surface area (Å²) in [6.45, 7) is 0. The minimum Gasteiger partial charge on any atom is -0.372 e. The van der Waals surface area contributed by atoms with Crippen LogP contribution in [-0.2, 0) is 5.60 Å². The molecule has 0 bridgehead atoms. The molecule has 114 valence electrons. The molecule has 2 aromatic carbocycles. The number of alkyl halides is 3. The zero-order valence-electron chi connectivity index (χ0n) is 11.2. The van der Waals surface area contributed by atoms with E-state index in [1.54, 1.807) is 24.3 Å². The molecule has 0 saturated heterocycles. The smallest absolute Gasteiger partial charge is 0.372 e. The molecule has 1 atom stereocenters. The fourth-order valence-electron chi connectivity index (χ4n) is 2.53. The van der Waals surface area contributed by atoms with Gasteiger partial charge in [0.25, 0.3) is 0 Å². The number of para-hydroxylation sites is 1. The number of aliphatic hydroxyl groups is 1. The summed E-state index contributed by atoms with van der Waals surface area (Å²) in [7, 11) is 0. The van der Waals surface area contributed by atoms with Crippen LogP contribution in [0.25, 0.3) is 10.9 Å².